The van der Waals surface area contributed by atoms with Crippen molar-refractivity contribution < 1.29 is 9.90 Å². The molecule has 0 aliphatic carbocycles. The molecule has 0 bridgehead atoms. The summed E-state index contributed by atoms with van der Waals surface area (Å²) in [7, 11) is 0. The number of carbonyl (C=O) groups excluding carboxylic acids is 1. The first-order valence-corrected chi connectivity index (χ1v) is 11.6. The molecule has 8 heteroatoms. The van der Waals surface area contributed by atoms with Crippen molar-refractivity contribution in [3.05, 3.63) is 64.3 Å². The minimum absolute atomic E-state index is 0.00754. The quantitative estimate of drug-likeness (QED) is 0.660. The lowest BCUT2D eigenvalue weighted by atomic mass is 9.88. The summed E-state index contributed by atoms with van der Waals surface area (Å²) < 4.78 is 1.80. The van der Waals surface area contributed by atoms with Crippen LogP contribution in [0.5, 0.6) is 0 Å². The Morgan fingerprint density at radius 1 is 1.16 bits per heavy atom. The van der Waals surface area contributed by atoms with Crippen LogP contribution in [-0.2, 0) is 17.9 Å². The highest BCUT2D eigenvalue weighted by Crippen LogP contribution is 2.49. The lowest BCUT2D eigenvalue weighted by Crippen LogP contribution is -2.49. The van der Waals surface area contributed by atoms with E-state index in [0.717, 1.165) is 31.0 Å². The van der Waals surface area contributed by atoms with Crippen LogP contribution in [0, 0.1) is 11.8 Å². The van der Waals surface area contributed by atoms with Crippen molar-refractivity contribution >= 4 is 5.91 Å². The van der Waals surface area contributed by atoms with Crippen LogP contribution >= 0.6 is 0 Å². The van der Waals surface area contributed by atoms with Crippen molar-refractivity contribution in [3.63, 3.8) is 0 Å². The molecule has 2 aromatic rings. The van der Waals surface area contributed by atoms with E-state index in [1.54, 1.807) is 22.9 Å². The van der Waals surface area contributed by atoms with Crippen molar-refractivity contribution in [2.45, 2.75) is 38.0 Å². The van der Waals surface area contributed by atoms with E-state index in [9.17, 15) is 14.7 Å². The second kappa shape index (κ2) is 9.13. The second-order valence-electron chi connectivity index (χ2n) is 9.13. The molecule has 2 fully saturated rings. The summed E-state index contributed by atoms with van der Waals surface area (Å²) in [4.78, 5) is 34.9. The molecule has 0 saturated carbocycles. The van der Waals surface area contributed by atoms with Gasteiger partial charge in [-0.1, -0.05) is 12.1 Å². The van der Waals surface area contributed by atoms with Crippen LogP contribution in [0.1, 0.15) is 30.3 Å². The van der Waals surface area contributed by atoms with Gasteiger partial charge >= 0.3 is 0 Å². The highest BCUT2D eigenvalue weighted by molar-refractivity contribution is 5.82. The number of aromatic nitrogens is 2. The van der Waals surface area contributed by atoms with Crippen LogP contribution in [0.3, 0.4) is 0 Å². The SMILES string of the molecule is O=C(NCCN1CCCC1)[C@H]1[C@H](CO)[C@H]2Cn3c(cccc3=O)[C@H]2N1Cc1ccccn1. The van der Waals surface area contributed by atoms with Crippen LogP contribution in [0.4, 0.5) is 0 Å². The molecule has 2 N–H and O–H groups in total. The fourth-order valence-corrected chi connectivity index (χ4v) is 5.86. The van der Waals surface area contributed by atoms with Gasteiger partial charge in [-0.3, -0.25) is 19.5 Å². The molecule has 0 radical (unpaired) electrons. The number of nitrogens with zero attached hydrogens (tertiary/aromatic N) is 4. The van der Waals surface area contributed by atoms with E-state index in [2.05, 4.69) is 20.1 Å². The molecule has 0 aromatic carbocycles. The Morgan fingerprint density at radius 3 is 2.75 bits per heavy atom. The summed E-state index contributed by atoms with van der Waals surface area (Å²) in [5.41, 5.74) is 1.76. The van der Waals surface area contributed by atoms with E-state index >= 15 is 0 Å². The lowest BCUT2D eigenvalue weighted by molar-refractivity contribution is -0.128. The number of pyridine rings is 2. The van der Waals surface area contributed by atoms with Crippen molar-refractivity contribution in [1.82, 2.24) is 24.7 Å². The van der Waals surface area contributed by atoms with Gasteiger partial charge in [0.2, 0.25) is 5.91 Å². The number of fused-ring (bicyclic) bond motifs is 3. The molecule has 5 rings (SSSR count). The Morgan fingerprint density at radius 2 is 2.00 bits per heavy atom. The zero-order valence-electron chi connectivity index (χ0n) is 18.3. The maximum Gasteiger partial charge on any atom is 0.250 e. The summed E-state index contributed by atoms with van der Waals surface area (Å²) in [6.07, 6.45) is 4.21. The maximum absolute atomic E-state index is 13.4. The summed E-state index contributed by atoms with van der Waals surface area (Å²) >= 11 is 0. The monoisotopic (exact) mass is 437 g/mol. The minimum atomic E-state index is -0.459. The van der Waals surface area contributed by atoms with Crippen LogP contribution in [0.15, 0.2) is 47.4 Å². The number of hydrogen-bond acceptors (Lipinski definition) is 6. The second-order valence-corrected chi connectivity index (χ2v) is 9.13. The summed E-state index contributed by atoms with van der Waals surface area (Å²) in [6.45, 7) is 4.59. The van der Waals surface area contributed by atoms with Gasteiger partial charge in [-0.05, 0) is 44.1 Å². The van der Waals surface area contributed by atoms with Crippen LogP contribution in [0.2, 0.25) is 0 Å². The first kappa shape index (κ1) is 21.3. The smallest absolute Gasteiger partial charge is 0.250 e. The van der Waals surface area contributed by atoms with Gasteiger partial charge in [-0.15, -0.1) is 0 Å². The Hall–Kier alpha value is -2.55. The zero-order chi connectivity index (χ0) is 22.1. The fraction of sp³-hybridized carbons (Fsp3) is 0.542. The van der Waals surface area contributed by atoms with Crippen molar-refractivity contribution in [2.24, 2.45) is 11.8 Å². The summed E-state index contributed by atoms with van der Waals surface area (Å²) in [6, 6.07) is 10.5. The Labute approximate surface area is 187 Å². The van der Waals surface area contributed by atoms with E-state index in [-0.39, 0.29) is 36.0 Å². The normalized spacial score (nSPS) is 27.4. The topological polar surface area (TPSA) is 90.7 Å². The predicted molar refractivity (Wildman–Crippen MR) is 120 cm³/mol. The molecule has 4 atom stereocenters. The molecular formula is C24H31N5O3. The lowest BCUT2D eigenvalue weighted by Gasteiger charge is -2.30. The summed E-state index contributed by atoms with van der Waals surface area (Å²) in [5.74, 6) is -0.277. The van der Waals surface area contributed by atoms with Gasteiger partial charge in [-0.2, -0.15) is 0 Å². The highest BCUT2D eigenvalue weighted by Gasteiger charge is 2.55. The fourth-order valence-electron chi connectivity index (χ4n) is 5.86. The number of rotatable bonds is 7. The molecule has 2 saturated heterocycles. The maximum atomic E-state index is 13.4. The van der Waals surface area contributed by atoms with Gasteiger partial charge in [0, 0.05) is 62.6 Å². The molecule has 32 heavy (non-hydrogen) atoms. The number of amides is 1. The molecular weight excluding hydrogens is 406 g/mol. The third kappa shape index (κ3) is 3.87. The van der Waals surface area contributed by atoms with Crippen molar-refractivity contribution in [2.75, 3.05) is 32.8 Å². The van der Waals surface area contributed by atoms with Gasteiger partial charge in [0.1, 0.15) is 0 Å². The van der Waals surface area contributed by atoms with E-state index in [1.807, 2.05) is 24.3 Å². The average molecular weight is 438 g/mol. The Bertz CT molecular complexity index is 1000. The number of hydrogen-bond donors (Lipinski definition) is 2. The first-order valence-electron chi connectivity index (χ1n) is 11.6. The molecule has 0 spiro atoms. The zero-order valence-corrected chi connectivity index (χ0v) is 18.3. The van der Waals surface area contributed by atoms with Crippen molar-refractivity contribution in [1.29, 1.82) is 0 Å². The standard InChI is InChI=1S/C24H31N5O3/c30-16-19-18-15-28-20(7-5-8-21(28)31)22(18)29(14-17-6-1-2-9-25-17)23(19)24(32)26-10-13-27-11-3-4-12-27/h1-2,5-9,18-19,22-23,30H,3-4,10-16H2,(H,26,32)/t18-,19-,22+,23-/m1/s1. The third-order valence-electron chi connectivity index (χ3n) is 7.33. The van der Waals surface area contributed by atoms with E-state index < -0.39 is 6.04 Å². The minimum Gasteiger partial charge on any atom is -0.396 e. The van der Waals surface area contributed by atoms with E-state index in [0.29, 0.717) is 19.6 Å². The third-order valence-corrected chi connectivity index (χ3v) is 7.33. The number of aliphatic hydroxyl groups is 1. The van der Waals surface area contributed by atoms with Gasteiger partial charge < -0.3 is 19.9 Å². The molecule has 170 valence electrons. The number of aliphatic hydroxyl groups excluding tert-OH is 1. The molecule has 5 heterocycles. The highest BCUT2D eigenvalue weighted by atomic mass is 16.3. The predicted octanol–water partition coefficient (Wildman–Crippen LogP) is 0.619. The van der Waals surface area contributed by atoms with Gasteiger partial charge in [0.05, 0.1) is 17.8 Å². The Kier molecular flexibility index (Phi) is 6.08. The molecule has 1 amide bonds. The molecule has 3 aliphatic heterocycles. The molecule has 2 aromatic heterocycles. The van der Waals surface area contributed by atoms with E-state index in [1.165, 1.54) is 12.8 Å². The number of nitrogens with one attached hydrogen (secondary N) is 1. The summed E-state index contributed by atoms with van der Waals surface area (Å²) in [5, 5.41) is 13.5. The van der Waals surface area contributed by atoms with Crippen LogP contribution in [-0.4, -0.2) is 69.2 Å². The van der Waals surface area contributed by atoms with Gasteiger partial charge in [0.15, 0.2) is 0 Å². The van der Waals surface area contributed by atoms with Crippen molar-refractivity contribution in [3.8, 4) is 0 Å². The molecule has 0 unspecified atom stereocenters. The van der Waals surface area contributed by atoms with E-state index in [4.69, 9.17) is 0 Å². The van der Waals surface area contributed by atoms with Gasteiger partial charge in [-0.25, -0.2) is 0 Å². The van der Waals surface area contributed by atoms with Crippen LogP contribution in [0.25, 0.3) is 0 Å². The first-order chi connectivity index (χ1) is 15.7. The number of carbonyl (C=O) groups is 1. The van der Waals surface area contributed by atoms with Gasteiger partial charge in [0.25, 0.3) is 5.56 Å². The largest absolute Gasteiger partial charge is 0.396 e. The molecule has 8 nitrogen and oxygen atoms in total. The Balaban J connectivity index is 1.42. The molecule has 3 aliphatic rings. The number of likely N-dealkylation sites (tertiary alicyclic amines) is 2. The average Bonchev–Trinajstić information content (AvgIpc) is 3.51. The van der Waals surface area contributed by atoms with Crippen LogP contribution < -0.4 is 10.9 Å².